The molecule has 0 bridgehead atoms. The van der Waals surface area contributed by atoms with Crippen molar-refractivity contribution in [2.24, 2.45) is 0 Å². The van der Waals surface area contributed by atoms with Gasteiger partial charge in [0, 0.05) is 13.2 Å². The predicted molar refractivity (Wildman–Crippen MR) is 45.9 cm³/mol. The average molecular weight is 232 g/mol. The Morgan fingerprint density at radius 1 is 1.14 bits per heavy atom. The van der Waals surface area contributed by atoms with E-state index in [2.05, 4.69) is 9.78 Å². The number of rotatable bonds is 7. The molecule has 14 heavy (non-hydrogen) atoms. The Kier molecular flexibility index (Phi) is 15.0. The van der Waals surface area contributed by atoms with Crippen LogP contribution in [0.3, 0.4) is 0 Å². The van der Waals surface area contributed by atoms with Gasteiger partial charge >= 0.3 is 57.4 Å². The Balaban J connectivity index is -0.000000720. The maximum Gasteiger partial charge on any atom is 1.00 e. The minimum absolute atomic E-state index is 0. The Bertz CT molecular complexity index is 141. The van der Waals surface area contributed by atoms with Gasteiger partial charge in [-0.25, -0.2) is 4.79 Å². The van der Waals surface area contributed by atoms with Crippen molar-refractivity contribution >= 4 is 5.97 Å². The summed E-state index contributed by atoms with van der Waals surface area (Å²) in [6, 6.07) is 0. The van der Waals surface area contributed by atoms with Gasteiger partial charge in [0.1, 0.15) is 0 Å². The zero-order valence-corrected chi connectivity index (χ0v) is 12.4. The summed E-state index contributed by atoms with van der Waals surface area (Å²) >= 11 is 0. The van der Waals surface area contributed by atoms with Crippen molar-refractivity contribution in [1.29, 1.82) is 0 Å². The van der Waals surface area contributed by atoms with E-state index in [-0.39, 0.29) is 52.8 Å². The van der Waals surface area contributed by atoms with Crippen LogP contribution in [0.5, 0.6) is 0 Å². The van der Waals surface area contributed by atoms with Crippen molar-refractivity contribution in [1.82, 2.24) is 0 Å². The van der Waals surface area contributed by atoms with Crippen molar-refractivity contribution in [3.05, 3.63) is 0 Å². The molecular weight excluding hydrogens is 215 g/mol. The minimum atomic E-state index is -0.985. The van der Waals surface area contributed by atoms with Gasteiger partial charge in [0.05, 0.1) is 6.61 Å². The minimum Gasteiger partial charge on any atom is -1.00 e. The summed E-state index contributed by atoms with van der Waals surface area (Å²) in [4.78, 5) is 19.9. The molecule has 0 N–H and O–H groups in total. The Morgan fingerprint density at radius 3 is 2.00 bits per heavy atom. The van der Waals surface area contributed by atoms with Gasteiger partial charge in [-0.2, -0.15) is 4.89 Å². The van der Waals surface area contributed by atoms with Gasteiger partial charge < -0.3 is 10.9 Å². The molecule has 0 rings (SSSR count). The maximum absolute atomic E-state index is 11.1. The quantitative estimate of drug-likeness (QED) is 0.220. The summed E-state index contributed by atoms with van der Waals surface area (Å²) in [6.07, 6.45) is -0.985. The summed E-state index contributed by atoms with van der Waals surface area (Å²) in [5, 5.41) is 0. The molecule has 5 nitrogen and oxygen atoms in total. The van der Waals surface area contributed by atoms with Crippen molar-refractivity contribution in [3.63, 3.8) is 0 Å². The molecule has 0 saturated carbocycles. The molecule has 0 aliphatic rings. The van der Waals surface area contributed by atoms with E-state index in [1.165, 1.54) is 0 Å². The van der Waals surface area contributed by atoms with Gasteiger partial charge in [-0.15, -0.1) is 0 Å². The molecule has 0 saturated heterocycles. The number of hydrogen-bond acceptors (Lipinski definition) is 5. The molecule has 0 aliphatic carbocycles. The van der Waals surface area contributed by atoms with Crippen molar-refractivity contribution in [2.75, 3.05) is 19.8 Å². The van der Waals surface area contributed by atoms with E-state index in [4.69, 9.17) is 9.47 Å². The van der Waals surface area contributed by atoms with Crippen LogP contribution in [0, 0.1) is 0 Å². The van der Waals surface area contributed by atoms with E-state index in [0.717, 1.165) is 0 Å². The van der Waals surface area contributed by atoms with Crippen molar-refractivity contribution < 1.29 is 76.9 Å². The first-order valence-electron chi connectivity index (χ1n) is 4.32. The standard InChI is InChI=1S/C8H16O5.K.H/c1-4-10-8(11-5-2)7(9)13-12-6-3;;/h8H,4-6H2,1-3H3;;/q;+1;-1. The fraction of sp³-hybridized carbons (Fsp3) is 0.875. The molecule has 0 amide bonds. The van der Waals surface area contributed by atoms with Crippen LogP contribution in [0.2, 0.25) is 0 Å². The molecule has 0 fully saturated rings. The molecule has 0 radical (unpaired) electrons. The van der Waals surface area contributed by atoms with E-state index >= 15 is 0 Å². The van der Waals surface area contributed by atoms with Crippen molar-refractivity contribution in [2.45, 2.75) is 27.1 Å². The Labute approximate surface area is 128 Å². The van der Waals surface area contributed by atoms with Crippen LogP contribution in [0.15, 0.2) is 0 Å². The third-order valence-electron chi connectivity index (χ3n) is 1.09. The third-order valence-corrected chi connectivity index (χ3v) is 1.09. The van der Waals surface area contributed by atoms with Crippen LogP contribution in [0.1, 0.15) is 22.2 Å². The van der Waals surface area contributed by atoms with Crippen LogP contribution in [-0.2, 0) is 24.0 Å². The normalized spacial score (nSPS) is 9.71. The Morgan fingerprint density at radius 2 is 1.64 bits per heavy atom. The molecule has 0 aromatic heterocycles. The van der Waals surface area contributed by atoms with Crippen LogP contribution >= 0.6 is 0 Å². The van der Waals surface area contributed by atoms with Gasteiger partial charge in [0.2, 0.25) is 0 Å². The predicted octanol–water partition coefficient (Wildman–Crippen LogP) is -2.00. The van der Waals surface area contributed by atoms with E-state index in [9.17, 15) is 4.79 Å². The van der Waals surface area contributed by atoms with Gasteiger partial charge in [0.15, 0.2) is 0 Å². The summed E-state index contributed by atoms with van der Waals surface area (Å²) < 4.78 is 9.93. The molecule has 0 aliphatic heterocycles. The number of hydrogen-bond donors (Lipinski definition) is 0. The zero-order chi connectivity index (χ0) is 10.1. The van der Waals surface area contributed by atoms with E-state index in [1.807, 2.05) is 0 Å². The summed E-state index contributed by atoms with van der Waals surface area (Å²) in [7, 11) is 0. The van der Waals surface area contributed by atoms with Gasteiger partial charge in [-0.1, -0.05) is 0 Å². The molecule has 80 valence electrons. The average Bonchev–Trinajstić information content (AvgIpc) is 2.14. The fourth-order valence-corrected chi connectivity index (χ4v) is 0.643. The number of ether oxygens (including phenoxy) is 2. The van der Waals surface area contributed by atoms with Gasteiger partial charge in [0.25, 0.3) is 6.29 Å². The first-order chi connectivity index (χ1) is 6.26. The van der Waals surface area contributed by atoms with Crippen LogP contribution in [0.25, 0.3) is 0 Å². The maximum atomic E-state index is 11.1. The van der Waals surface area contributed by atoms with E-state index < -0.39 is 12.3 Å². The summed E-state index contributed by atoms with van der Waals surface area (Å²) in [5.41, 5.74) is 0. The summed E-state index contributed by atoms with van der Waals surface area (Å²) in [6.45, 7) is 6.30. The van der Waals surface area contributed by atoms with E-state index in [1.54, 1.807) is 20.8 Å². The first-order valence-corrected chi connectivity index (χ1v) is 4.32. The molecule has 0 atom stereocenters. The monoisotopic (exact) mass is 232 g/mol. The topological polar surface area (TPSA) is 54.0 Å². The number of carbonyl (C=O) groups excluding carboxylic acids is 1. The van der Waals surface area contributed by atoms with Crippen LogP contribution in [-0.4, -0.2) is 32.1 Å². The van der Waals surface area contributed by atoms with Gasteiger partial charge in [-0.05, 0) is 20.8 Å². The van der Waals surface area contributed by atoms with Crippen LogP contribution in [0.4, 0.5) is 0 Å². The van der Waals surface area contributed by atoms with E-state index in [0.29, 0.717) is 19.8 Å². The second-order valence-corrected chi connectivity index (χ2v) is 2.05. The van der Waals surface area contributed by atoms with Crippen LogP contribution < -0.4 is 51.4 Å². The molecule has 0 heterocycles. The SMILES string of the molecule is CCOOC(=O)C(OCC)OCC.[H-].[K+]. The second kappa shape index (κ2) is 12.1. The molecule has 0 spiro atoms. The largest absolute Gasteiger partial charge is 1.00 e. The second-order valence-electron chi connectivity index (χ2n) is 2.05. The van der Waals surface area contributed by atoms with Crippen molar-refractivity contribution in [3.8, 4) is 0 Å². The summed E-state index contributed by atoms with van der Waals surface area (Å²) in [5.74, 6) is -0.662. The molecule has 0 unspecified atom stereocenters. The molecule has 0 aromatic carbocycles. The molecule has 0 aromatic rings. The zero-order valence-electron chi connectivity index (χ0n) is 10.2. The van der Waals surface area contributed by atoms with Gasteiger partial charge in [-0.3, -0.25) is 4.89 Å². The third kappa shape index (κ3) is 8.31. The smallest absolute Gasteiger partial charge is 1.00 e. The number of carbonyl (C=O) groups is 1. The first kappa shape index (κ1) is 17.4. The fourth-order valence-electron chi connectivity index (χ4n) is 0.643. The molecule has 6 heteroatoms. The molecular formula is C8H17KO5. The Hall–Kier alpha value is 0.986.